The van der Waals surface area contributed by atoms with E-state index < -0.39 is 6.10 Å². The van der Waals surface area contributed by atoms with Crippen molar-refractivity contribution in [3.8, 4) is 11.5 Å². The SMILES string of the molecule is COCC(O)CN(C)CCOc1ccc(OC)cc1. The summed E-state index contributed by atoms with van der Waals surface area (Å²) in [6.07, 6.45) is -0.462. The van der Waals surface area contributed by atoms with E-state index >= 15 is 0 Å². The van der Waals surface area contributed by atoms with Crippen LogP contribution in [-0.2, 0) is 4.74 Å². The van der Waals surface area contributed by atoms with Gasteiger partial charge in [0, 0.05) is 20.2 Å². The minimum Gasteiger partial charge on any atom is -0.497 e. The molecule has 0 bridgehead atoms. The Morgan fingerprint density at radius 3 is 2.37 bits per heavy atom. The molecule has 0 spiro atoms. The number of benzene rings is 1. The number of methoxy groups -OCH3 is 2. The minimum atomic E-state index is -0.462. The zero-order chi connectivity index (χ0) is 14.1. The van der Waals surface area contributed by atoms with Crippen LogP contribution in [0.3, 0.4) is 0 Å². The lowest BCUT2D eigenvalue weighted by Gasteiger charge is -2.20. The first kappa shape index (κ1) is 15.8. The van der Waals surface area contributed by atoms with Gasteiger partial charge in [-0.05, 0) is 31.3 Å². The summed E-state index contributed by atoms with van der Waals surface area (Å²) in [4.78, 5) is 2.01. The quantitative estimate of drug-likeness (QED) is 0.725. The van der Waals surface area contributed by atoms with E-state index in [-0.39, 0.29) is 0 Å². The molecule has 5 nitrogen and oxygen atoms in total. The molecule has 1 unspecified atom stereocenters. The van der Waals surface area contributed by atoms with E-state index in [1.54, 1.807) is 14.2 Å². The number of hydrogen-bond donors (Lipinski definition) is 1. The molecule has 0 amide bonds. The Morgan fingerprint density at radius 2 is 1.79 bits per heavy atom. The van der Waals surface area contributed by atoms with Crippen LogP contribution in [0.4, 0.5) is 0 Å². The second-order valence-electron chi connectivity index (χ2n) is 4.40. The van der Waals surface area contributed by atoms with Crippen LogP contribution in [-0.4, -0.2) is 63.7 Å². The number of hydrogen-bond acceptors (Lipinski definition) is 5. The second kappa shape index (κ2) is 8.74. The molecule has 1 aromatic rings. The second-order valence-corrected chi connectivity index (χ2v) is 4.40. The fraction of sp³-hybridized carbons (Fsp3) is 0.571. The summed E-state index contributed by atoms with van der Waals surface area (Å²) in [5.74, 6) is 1.62. The monoisotopic (exact) mass is 269 g/mol. The van der Waals surface area contributed by atoms with Crippen LogP contribution in [0.15, 0.2) is 24.3 Å². The van der Waals surface area contributed by atoms with Crippen LogP contribution >= 0.6 is 0 Å². The van der Waals surface area contributed by atoms with Gasteiger partial charge in [-0.2, -0.15) is 0 Å². The highest BCUT2D eigenvalue weighted by Gasteiger charge is 2.07. The van der Waals surface area contributed by atoms with Crippen molar-refractivity contribution in [1.82, 2.24) is 4.90 Å². The summed E-state index contributed by atoms with van der Waals surface area (Å²) < 4.78 is 15.6. The Bertz CT molecular complexity index is 342. The molecule has 0 aliphatic carbocycles. The number of aliphatic hydroxyl groups excluding tert-OH is 1. The van der Waals surface area contributed by atoms with E-state index in [2.05, 4.69) is 0 Å². The highest BCUT2D eigenvalue weighted by Crippen LogP contribution is 2.16. The molecule has 1 rings (SSSR count). The molecule has 0 fully saturated rings. The normalized spacial score (nSPS) is 12.5. The van der Waals surface area contributed by atoms with Crippen molar-refractivity contribution < 1.29 is 19.3 Å². The zero-order valence-electron chi connectivity index (χ0n) is 11.8. The first-order chi connectivity index (χ1) is 9.15. The molecule has 0 aromatic heterocycles. The maximum atomic E-state index is 9.57. The number of likely N-dealkylation sites (N-methyl/N-ethyl adjacent to an activating group) is 1. The maximum absolute atomic E-state index is 9.57. The topological polar surface area (TPSA) is 51.2 Å². The van der Waals surface area contributed by atoms with Gasteiger partial charge >= 0.3 is 0 Å². The van der Waals surface area contributed by atoms with Gasteiger partial charge in [-0.1, -0.05) is 0 Å². The number of ether oxygens (including phenoxy) is 3. The summed E-state index contributed by atoms with van der Waals surface area (Å²) in [5, 5.41) is 9.57. The van der Waals surface area contributed by atoms with Crippen molar-refractivity contribution in [3.63, 3.8) is 0 Å². The van der Waals surface area contributed by atoms with E-state index in [9.17, 15) is 5.11 Å². The Labute approximate surface area is 114 Å². The van der Waals surface area contributed by atoms with Crippen LogP contribution in [0.2, 0.25) is 0 Å². The zero-order valence-corrected chi connectivity index (χ0v) is 11.8. The summed E-state index contributed by atoms with van der Waals surface area (Å²) in [7, 11) is 5.16. The maximum Gasteiger partial charge on any atom is 0.119 e. The first-order valence-corrected chi connectivity index (χ1v) is 6.28. The van der Waals surface area contributed by atoms with Crippen LogP contribution in [0.1, 0.15) is 0 Å². The summed E-state index contributed by atoms with van der Waals surface area (Å²) in [6, 6.07) is 7.47. The Kier molecular flexibility index (Phi) is 7.25. The van der Waals surface area contributed by atoms with Gasteiger partial charge in [-0.25, -0.2) is 0 Å². The predicted octanol–water partition coefficient (Wildman–Crippen LogP) is 1.01. The van der Waals surface area contributed by atoms with E-state index in [1.807, 2.05) is 36.2 Å². The molecular formula is C14H23NO4. The van der Waals surface area contributed by atoms with Crippen LogP contribution in [0.5, 0.6) is 11.5 Å². The average molecular weight is 269 g/mol. The molecule has 0 aliphatic heterocycles. The molecule has 5 heteroatoms. The summed E-state index contributed by atoms with van der Waals surface area (Å²) >= 11 is 0. The van der Waals surface area contributed by atoms with Gasteiger partial charge in [0.15, 0.2) is 0 Å². The lowest BCUT2D eigenvalue weighted by molar-refractivity contribution is 0.0410. The minimum absolute atomic E-state index is 0.351. The van der Waals surface area contributed by atoms with Gasteiger partial charge in [-0.15, -0.1) is 0 Å². The third kappa shape index (κ3) is 6.42. The van der Waals surface area contributed by atoms with Crippen molar-refractivity contribution in [2.24, 2.45) is 0 Å². The molecule has 108 valence electrons. The Hall–Kier alpha value is -1.30. The standard InChI is InChI=1S/C14H23NO4/c1-15(10-12(16)11-17-2)8-9-19-14-6-4-13(18-3)5-7-14/h4-7,12,16H,8-11H2,1-3H3. The number of rotatable bonds is 9. The van der Waals surface area contributed by atoms with Gasteiger partial charge in [0.05, 0.1) is 19.8 Å². The van der Waals surface area contributed by atoms with Crippen LogP contribution < -0.4 is 9.47 Å². The summed E-state index contributed by atoms with van der Waals surface area (Å²) in [6.45, 7) is 2.23. The van der Waals surface area contributed by atoms with Gasteiger partial charge < -0.3 is 24.2 Å². The Balaban J connectivity index is 2.21. The molecule has 1 atom stereocenters. The molecular weight excluding hydrogens is 246 g/mol. The van der Waals surface area contributed by atoms with E-state index in [0.29, 0.717) is 19.8 Å². The predicted molar refractivity (Wildman–Crippen MR) is 73.9 cm³/mol. The van der Waals surface area contributed by atoms with E-state index in [1.165, 1.54) is 0 Å². The van der Waals surface area contributed by atoms with Crippen molar-refractivity contribution in [1.29, 1.82) is 0 Å². The van der Waals surface area contributed by atoms with Gasteiger partial charge in [0.1, 0.15) is 18.1 Å². The fourth-order valence-electron chi connectivity index (χ4n) is 1.69. The van der Waals surface area contributed by atoms with Crippen LogP contribution in [0.25, 0.3) is 0 Å². The Morgan fingerprint density at radius 1 is 1.16 bits per heavy atom. The van der Waals surface area contributed by atoms with E-state index in [0.717, 1.165) is 18.0 Å². The smallest absolute Gasteiger partial charge is 0.119 e. The molecule has 0 heterocycles. The molecule has 1 N–H and O–H groups in total. The van der Waals surface area contributed by atoms with Crippen molar-refractivity contribution in [3.05, 3.63) is 24.3 Å². The highest BCUT2D eigenvalue weighted by molar-refractivity contribution is 5.31. The first-order valence-electron chi connectivity index (χ1n) is 6.28. The largest absolute Gasteiger partial charge is 0.497 e. The number of aliphatic hydroxyl groups is 1. The third-order valence-corrected chi connectivity index (χ3v) is 2.68. The van der Waals surface area contributed by atoms with Crippen molar-refractivity contribution in [2.75, 3.05) is 47.6 Å². The fourth-order valence-corrected chi connectivity index (χ4v) is 1.69. The molecule has 0 aliphatic rings. The van der Waals surface area contributed by atoms with Crippen LogP contribution in [0, 0.1) is 0 Å². The van der Waals surface area contributed by atoms with Crippen molar-refractivity contribution in [2.45, 2.75) is 6.10 Å². The lowest BCUT2D eigenvalue weighted by atomic mass is 10.3. The lowest BCUT2D eigenvalue weighted by Crippen LogP contribution is -2.34. The van der Waals surface area contributed by atoms with Gasteiger partial charge in [0.25, 0.3) is 0 Å². The molecule has 0 saturated carbocycles. The highest BCUT2D eigenvalue weighted by atomic mass is 16.5. The van der Waals surface area contributed by atoms with Crippen molar-refractivity contribution >= 4 is 0 Å². The van der Waals surface area contributed by atoms with Gasteiger partial charge in [0.2, 0.25) is 0 Å². The molecule has 0 radical (unpaired) electrons. The van der Waals surface area contributed by atoms with E-state index in [4.69, 9.17) is 14.2 Å². The third-order valence-electron chi connectivity index (χ3n) is 2.68. The summed E-state index contributed by atoms with van der Waals surface area (Å²) in [5.41, 5.74) is 0. The molecule has 19 heavy (non-hydrogen) atoms. The molecule has 0 saturated heterocycles. The van der Waals surface area contributed by atoms with Gasteiger partial charge in [-0.3, -0.25) is 0 Å². The number of nitrogens with zero attached hydrogens (tertiary/aromatic N) is 1. The average Bonchev–Trinajstić information content (AvgIpc) is 2.39. The molecule has 1 aromatic carbocycles.